The molecule has 2 aromatic rings. The first-order valence-electron chi connectivity index (χ1n) is 6.99. The molecule has 0 radical (unpaired) electrons. The van der Waals surface area contributed by atoms with E-state index in [2.05, 4.69) is 5.32 Å². The number of hydrogen-bond donors (Lipinski definition) is 2. The molecule has 0 spiro atoms. The maximum Gasteiger partial charge on any atom is 0.305 e. The second kappa shape index (κ2) is 8.19. The van der Waals surface area contributed by atoms with Gasteiger partial charge >= 0.3 is 5.97 Å². The summed E-state index contributed by atoms with van der Waals surface area (Å²) in [6.45, 7) is -0.187. The lowest BCUT2D eigenvalue weighted by Crippen LogP contribution is -2.33. The maximum absolute atomic E-state index is 12.0. The predicted molar refractivity (Wildman–Crippen MR) is 86.5 cm³/mol. The largest absolute Gasteiger partial charge is 0.484 e. The summed E-state index contributed by atoms with van der Waals surface area (Å²) in [4.78, 5) is 23.0. The standard InChI is InChI=1S/C17H16ClNO4/c18-13-8-6-12(7-9-13)15(10-17(21)22)19-16(20)11-23-14-4-2-1-3-5-14/h1-9,15H,10-11H2,(H,19,20)(H,21,22). The molecule has 0 fully saturated rings. The number of nitrogens with one attached hydrogen (secondary N) is 1. The van der Waals surface area contributed by atoms with E-state index in [1.807, 2.05) is 6.07 Å². The van der Waals surface area contributed by atoms with Crippen LogP contribution in [0, 0.1) is 0 Å². The molecule has 120 valence electrons. The van der Waals surface area contributed by atoms with E-state index in [1.54, 1.807) is 48.5 Å². The normalized spacial score (nSPS) is 11.5. The van der Waals surface area contributed by atoms with Gasteiger partial charge in [0, 0.05) is 5.02 Å². The predicted octanol–water partition coefficient (Wildman–Crippen LogP) is 3.05. The molecule has 1 unspecified atom stereocenters. The minimum atomic E-state index is -1.01. The average molecular weight is 334 g/mol. The summed E-state index contributed by atoms with van der Waals surface area (Å²) in [6, 6.07) is 15.0. The number of halogens is 1. The van der Waals surface area contributed by atoms with Crippen molar-refractivity contribution < 1.29 is 19.4 Å². The van der Waals surface area contributed by atoms with Crippen molar-refractivity contribution in [1.29, 1.82) is 0 Å². The number of para-hydroxylation sites is 1. The fourth-order valence-corrected chi connectivity index (χ4v) is 2.15. The van der Waals surface area contributed by atoms with Crippen molar-refractivity contribution in [1.82, 2.24) is 5.32 Å². The van der Waals surface area contributed by atoms with E-state index in [4.69, 9.17) is 21.4 Å². The third kappa shape index (κ3) is 5.64. The first kappa shape index (κ1) is 16.8. The van der Waals surface area contributed by atoms with Crippen molar-refractivity contribution in [3.05, 3.63) is 65.2 Å². The molecule has 0 bridgehead atoms. The number of carbonyl (C=O) groups is 2. The van der Waals surface area contributed by atoms with Crippen LogP contribution in [0.5, 0.6) is 5.75 Å². The Hall–Kier alpha value is -2.53. The summed E-state index contributed by atoms with van der Waals surface area (Å²) in [5.74, 6) is -0.826. The molecule has 0 aliphatic rings. The van der Waals surface area contributed by atoms with Gasteiger partial charge in [-0.1, -0.05) is 41.9 Å². The molecule has 0 heterocycles. The van der Waals surface area contributed by atoms with Gasteiger partial charge in [-0.3, -0.25) is 9.59 Å². The summed E-state index contributed by atoms with van der Waals surface area (Å²) in [5.41, 5.74) is 0.671. The van der Waals surface area contributed by atoms with E-state index in [0.717, 1.165) is 0 Å². The Morgan fingerprint density at radius 3 is 2.35 bits per heavy atom. The van der Waals surface area contributed by atoms with E-state index in [1.165, 1.54) is 0 Å². The number of hydrogen-bond acceptors (Lipinski definition) is 3. The summed E-state index contributed by atoms with van der Waals surface area (Å²) < 4.78 is 5.35. The maximum atomic E-state index is 12.0. The summed E-state index contributed by atoms with van der Waals surface area (Å²) in [6.07, 6.45) is -0.224. The lowest BCUT2D eigenvalue weighted by atomic mass is 10.0. The SMILES string of the molecule is O=C(O)CC(NC(=O)COc1ccccc1)c1ccc(Cl)cc1. The van der Waals surface area contributed by atoms with Gasteiger partial charge in [-0.05, 0) is 29.8 Å². The zero-order valence-electron chi connectivity index (χ0n) is 12.2. The quantitative estimate of drug-likeness (QED) is 0.816. The fraction of sp³-hybridized carbons (Fsp3) is 0.176. The van der Waals surface area contributed by atoms with Crippen LogP contribution in [0.3, 0.4) is 0 Å². The van der Waals surface area contributed by atoms with Crippen molar-refractivity contribution in [2.45, 2.75) is 12.5 Å². The first-order chi connectivity index (χ1) is 11.0. The second-order valence-corrected chi connectivity index (χ2v) is 5.31. The van der Waals surface area contributed by atoms with Gasteiger partial charge < -0.3 is 15.2 Å². The molecular formula is C17H16ClNO4. The van der Waals surface area contributed by atoms with Crippen LogP contribution in [0.25, 0.3) is 0 Å². The summed E-state index contributed by atoms with van der Waals surface area (Å²) in [5, 5.41) is 12.2. The van der Waals surface area contributed by atoms with Gasteiger partial charge in [-0.2, -0.15) is 0 Å². The molecule has 1 atom stereocenters. The number of rotatable bonds is 7. The molecule has 2 aromatic carbocycles. The Kier molecular flexibility index (Phi) is 6.00. The van der Waals surface area contributed by atoms with Crippen LogP contribution in [0.1, 0.15) is 18.0 Å². The van der Waals surface area contributed by atoms with E-state index in [-0.39, 0.29) is 13.0 Å². The minimum absolute atomic E-state index is 0.187. The highest BCUT2D eigenvalue weighted by atomic mass is 35.5. The van der Waals surface area contributed by atoms with E-state index in [0.29, 0.717) is 16.3 Å². The van der Waals surface area contributed by atoms with Gasteiger partial charge in [-0.15, -0.1) is 0 Å². The fourth-order valence-electron chi connectivity index (χ4n) is 2.02. The number of amides is 1. The van der Waals surface area contributed by atoms with Crippen molar-refractivity contribution in [3.63, 3.8) is 0 Å². The molecule has 0 aliphatic heterocycles. The summed E-state index contributed by atoms with van der Waals surface area (Å²) in [7, 11) is 0. The monoisotopic (exact) mass is 333 g/mol. The highest BCUT2D eigenvalue weighted by molar-refractivity contribution is 6.30. The average Bonchev–Trinajstić information content (AvgIpc) is 2.53. The Morgan fingerprint density at radius 1 is 1.09 bits per heavy atom. The number of carboxylic acids is 1. The lowest BCUT2D eigenvalue weighted by molar-refractivity contribution is -0.137. The third-order valence-corrected chi connectivity index (χ3v) is 3.35. The van der Waals surface area contributed by atoms with Gasteiger partial charge in [0.15, 0.2) is 6.61 Å². The third-order valence-electron chi connectivity index (χ3n) is 3.10. The van der Waals surface area contributed by atoms with Crippen molar-refractivity contribution in [3.8, 4) is 5.75 Å². The number of carboxylic acid groups (broad SMARTS) is 1. The molecule has 0 saturated carbocycles. The van der Waals surface area contributed by atoms with Gasteiger partial charge in [0.1, 0.15) is 5.75 Å². The Bertz CT molecular complexity index is 658. The topological polar surface area (TPSA) is 75.6 Å². The molecule has 2 N–H and O–H groups in total. The van der Waals surface area contributed by atoms with Crippen molar-refractivity contribution in [2.75, 3.05) is 6.61 Å². The molecule has 0 saturated heterocycles. The molecule has 0 aliphatic carbocycles. The second-order valence-electron chi connectivity index (χ2n) is 4.87. The van der Waals surface area contributed by atoms with Gasteiger partial charge in [0.25, 0.3) is 5.91 Å². The van der Waals surface area contributed by atoms with Crippen LogP contribution in [-0.2, 0) is 9.59 Å². The van der Waals surface area contributed by atoms with Crippen LogP contribution in [0.15, 0.2) is 54.6 Å². The molecule has 5 nitrogen and oxygen atoms in total. The smallest absolute Gasteiger partial charge is 0.305 e. The molecule has 23 heavy (non-hydrogen) atoms. The molecule has 2 rings (SSSR count). The Balaban J connectivity index is 1.98. The lowest BCUT2D eigenvalue weighted by Gasteiger charge is -2.17. The van der Waals surface area contributed by atoms with Crippen LogP contribution in [0.4, 0.5) is 0 Å². The van der Waals surface area contributed by atoms with Gasteiger partial charge in [0.05, 0.1) is 12.5 Å². The van der Waals surface area contributed by atoms with Gasteiger partial charge in [-0.25, -0.2) is 0 Å². The van der Waals surface area contributed by atoms with Crippen LogP contribution in [-0.4, -0.2) is 23.6 Å². The zero-order chi connectivity index (χ0) is 16.7. The molecular weight excluding hydrogens is 318 g/mol. The van der Waals surface area contributed by atoms with E-state index >= 15 is 0 Å². The first-order valence-corrected chi connectivity index (χ1v) is 7.37. The Morgan fingerprint density at radius 2 is 1.74 bits per heavy atom. The van der Waals surface area contributed by atoms with Crippen LogP contribution >= 0.6 is 11.6 Å². The number of carbonyl (C=O) groups excluding carboxylic acids is 1. The number of ether oxygens (including phenoxy) is 1. The molecule has 1 amide bonds. The molecule has 0 aromatic heterocycles. The summed E-state index contributed by atoms with van der Waals surface area (Å²) >= 11 is 5.82. The van der Waals surface area contributed by atoms with Crippen LogP contribution in [0.2, 0.25) is 5.02 Å². The molecule has 6 heteroatoms. The Labute approximate surface area is 138 Å². The number of benzene rings is 2. The highest BCUT2D eigenvalue weighted by Crippen LogP contribution is 2.19. The number of aliphatic carboxylic acids is 1. The van der Waals surface area contributed by atoms with E-state index in [9.17, 15) is 9.59 Å². The highest BCUT2D eigenvalue weighted by Gasteiger charge is 2.18. The minimum Gasteiger partial charge on any atom is -0.484 e. The zero-order valence-corrected chi connectivity index (χ0v) is 13.0. The van der Waals surface area contributed by atoms with Crippen molar-refractivity contribution in [2.24, 2.45) is 0 Å². The van der Waals surface area contributed by atoms with Crippen molar-refractivity contribution >= 4 is 23.5 Å². The van der Waals surface area contributed by atoms with E-state index < -0.39 is 17.9 Å². The van der Waals surface area contributed by atoms with Gasteiger partial charge in [0.2, 0.25) is 0 Å². The van der Waals surface area contributed by atoms with Crippen LogP contribution < -0.4 is 10.1 Å².